The van der Waals surface area contributed by atoms with E-state index >= 15 is 0 Å². The lowest BCUT2D eigenvalue weighted by Crippen LogP contribution is -2.46. The van der Waals surface area contributed by atoms with Crippen LogP contribution in [-0.4, -0.2) is 44.2 Å². The van der Waals surface area contributed by atoms with Crippen molar-refractivity contribution in [2.45, 2.75) is 32.1 Å². The Morgan fingerprint density at radius 3 is 2.50 bits per heavy atom. The molecule has 2 heterocycles. The minimum atomic E-state index is -0.0648. The van der Waals surface area contributed by atoms with E-state index in [-0.39, 0.29) is 11.4 Å². The summed E-state index contributed by atoms with van der Waals surface area (Å²) in [6.07, 6.45) is 2.20. The number of anilines is 2. The van der Waals surface area contributed by atoms with Gasteiger partial charge in [0.1, 0.15) is 5.75 Å². The first kappa shape index (κ1) is 18.8. The molecule has 0 radical (unpaired) electrons. The smallest absolute Gasteiger partial charge is 0.326 e. The number of nitrogens with one attached hydrogen (secondary N) is 1. The number of carbonyl (C=O) groups excluding carboxylic acids is 1. The zero-order valence-corrected chi connectivity index (χ0v) is 17.0. The molecule has 2 aliphatic rings. The number of carbonyl (C=O) groups is 1. The molecular weight excluding hydrogens is 350 g/mol. The van der Waals surface area contributed by atoms with Gasteiger partial charge in [0, 0.05) is 23.3 Å². The van der Waals surface area contributed by atoms with Crippen LogP contribution < -0.4 is 15.0 Å². The predicted octanol–water partition coefficient (Wildman–Crippen LogP) is 4.41. The largest absolute Gasteiger partial charge is 0.497 e. The van der Waals surface area contributed by atoms with E-state index < -0.39 is 0 Å². The van der Waals surface area contributed by atoms with Gasteiger partial charge in [0.2, 0.25) is 0 Å². The topological polar surface area (TPSA) is 44.8 Å². The molecule has 0 atom stereocenters. The van der Waals surface area contributed by atoms with E-state index in [1.54, 1.807) is 7.11 Å². The zero-order chi connectivity index (χ0) is 19.7. The summed E-state index contributed by atoms with van der Waals surface area (Å²) in [5, 5.41) is 3.05. The third-order valence-electron chi connectivity index (χ3n) is 6.32. The van der Waals surface area contributed by atoms with Crippen LogP contribution in [0.15, 0.2) is 42.5 Å². The van der Waals surface area contributed by atoms with E-state index in [1.807, 2.05) is 29.2 Å². The maximum atomic E-state index is 13.1. The molecule has 2 aliphatic heterocycles. The standard InChI is InChI=1S/C23H29N3O2/c1-4-25-13-11-23(12-14-25)16-26(21-10-5-17(2)15-20(21)23)22(27)24-18-6-8-19(28-3)9-7-18/h5-10,15H,4,11-14,16H2,1-3H3,(H,24,27). The molecule has 0 saturated carbocycles. The SMILES string of the molecule is CCN1CCC2(CC1)CN(C(=O)Nc1ccc(OC)cc1)c1ccc(C)cc12. The van der Waals surface area contributed by atoms with Gasteiger partial charge in [0.15, 0.2) is 0 Å². The average molecular weight is 380 g/mol. The molecule has 1 saturated heterocycles. The van der Waals surface area contributed by atoms with Gasteiger partial charge in [-0.05, 0) is 75.3 Å². The van der Waals surface area contributed by atoms with Crippen molar-refractivity contribution in [1.29, 1.82) is 0 Å². The molecule has 1 N–H and O–H groups in total. The Hall–Kier alpha value is -2.53. The lowest BCUT2D eigenvalue weighted by atomic mass is 9.74. The second-order valence-corrected chi connectivity index (χ2v) is 7.98. The van der Waals surface area contributed by atoms with Gasteiger partial charge in [-0.15, -0.1) is 0 Å². The molecule has 0 bridgehead atoms. The van der Waals surface area contributed by atoms with Crippen LogP contribution in [0.2, 0.25) is 0 Å². The molecule has 5 heteroatoms. The van der Waals surface area contributed by atoms with Crippen molar-refractivity contribution in [3.05, 3.63) is 53.6 Å². The number of aryl methyl sites for hydroxylation is 1. The first-order valence-electron chi connectivity index (χ1n) is 10.1. The summed E-state index contributed by atoms with van der Waals surface area (Å²) in [6, 6.07) is 13.9. The third-order valence-corrected chi connectivity index (χ3v) is 6.32. The number of urea groups is 1. The Bertz CT molecular complexity index is 855. The molecule has 0 aliphatic carbocycles. The fraction of sp³-hybridized carbons (Fsp3) is 0.435. The van der Waals surface area contributed by atoms with E-state index in [4.69, 9.17) is 4.74 Å². The van der Waals surface area contributed by atoms with E-state index in [0.29, 0.717) is 0 Å². The average Bonchev–Trinajstić information content (AvgIpc) is 3.03. The molecule has 148 valence electrons. The van der Waals surface area contributed by atoms with Crippen molar-refractivity contribution >= 4 is 17.4 Å². The number of nitrogens with zero attached hydrogens (tertiary/aromatic N) is 2. The van der Waals surface area contributed by atoms with Gasteiger partial charge in [0.05, 0.1) is 7.11 Å². The highest BCUT2D eigenvalue weighted by Gasteiger charge is 2.46. The second kappa shape index (κ2) is 7.47. The summed E-state index contributed by atoms with van der Waals surface area (Å²) in [4.78, 5) is 17.6. The maximum Gasteiger partial charge on any atom is 0.326 e. The molecule has 0 unspecified atom stereocenters. The summed E-state index contributed by atoms with van der Waals surface area (Å²) in [7, 11) is 1.64. The minimum Gasteiger partial charge on any atom is -0.497 e. The van der Waals surface area contributed by atoms with Crippen molar-refractivity contribution in [2.75, 3.05) is 43.5 Å². The van der Waals surface area contributed by atoms with Gasteiger partial charge in [-0.25, -0.2) is 4.79 Å². The Labute approximate surface area is 167 Å². The number of ether oxygens (including phenoxy) is 1. The van der Waals surface area contributed by atoms with Crippen molar-refractivity contribution in [1.82, 2.24) is 4.90 Å². The van der Waals surface area contributed by atoms with E-state index in [1.165, 1.54) is 11.1 Å². The lowest BCUT2D eigenvalue weighted by molar-refractivity contribution is 0.173. The number of benzene rings is 2. The van der Waals surface area contributed by atoms with Gasteiger partial charge < -0.3 is 15.0 Å². The fourth-order valence-electron chi connectivity index (χ4n) is 4.55. The number of fused-ring (bicyclic) bond motifs is 2. The highest BCUT2D eigenvalue weighted by molar-refractivity contribution is 6.03. The molecule has 2 aromatic carbocycles. The van der Waals surface area contributed by atoms with E-state index in [9.17, 15) is 4.79 Å². The van der Waals surface area contributed by atoms with Crippen LogP contribution in [-0.2, 0) is 5.41 Å². The monoisotopic (exact) mass is 379 g/mol. The number of hydrogen-bond donors (Lipinski definition) is 1. The van der Waals surface area contributed by atoms with Crippen molar-refractivity contribution in [3.8, 4) is 5.75 Å². The third kappa shape index (κ3) is 3.35. The number of amides is 2. The van der Waals surface area contributed by atoms with Crippen LogP contribution in [0.4, 0.5) is 16.2 Å². The van der Waals surface area contributed by atoms with Crippen LogP contribution >= 0.6 is 0 Å². The quantitative estimate of drug-likeness (QED) is 0.859. The Kier molecular flexibility index (Phi) is 5.02. The summed E-state index contributed by atoms with van der Waals surface area (Å²) >= 11 is 0. The Morgan fingerprint density at radius 1 is 1.14 bits per heavy atom. The molecule has 4 rings (SSSR count). The number of piperidine rings is 1. The van der Waals surface area contributed by atoms with E-state index in [2.05, 4.69) is 42.3 Å². The highest BCUT2D eigenvalue weighted by atomic mass is 16.5. The van der Waals surface area contributed by atoms with Gasteiger partial charge >= 0.3 is 6.03 Å². The summed E-state index contributed by atoms with van der Waals surface area (Å²) in [5.41, 5.74) is 4.51. The van der Waals surface area contributed by atoms with Gasteiger partial charge in [-0.3, -0.25) is 4.90 Å². The normalized spacial score (nSPS) is 18.2. The molecule has 1 fully saturated rings. The Balaban J connectivity index is 1.59. The molecule has 28 heavy (non-hydrogen) atoms. The summed E-state index contributed by atoms with van der Waals surface area (Å²) < 4.78 is 5.20. The second-order valence-electron chi connectivity index (χ2n) is 7.98. The fourth-order valence-corrected chi connectivity index (χ4v) is 4.55. The number of hydrogen-bond acceptors (Lipinski definition) is 3. The van der Waals surface area contributed by atoms with Crippen LogP contribution in [0.25, 0.3) is 0 Å². The summed E-state index contributed by atoms with van der Waals surface area (Å²) in [5.74, 6) is 0.779. The van der Waals surface area contributed by atoms with E-state index in [0.717, 1.165) is 56.1 Å². The molecule has 2 aromatic rings. The van der Waals surface area contributed by atoms with Crippen LogP contribution in [0, 0.1) is 6.92 Å². The Morgan fingerprint density at radius 2 is 1.86 bits per heavy atom. The van der Waals surface area contributed by atoms with Gasteiger partial charge in [-0.2, -0.15) is 0 Å². The lowest BCUT2D eigenvalue weighted by Gasteiger charge is -2.39. The predicted molar refractivity (Wildman–Crippen MR) is 114 cm³/mol. The van der Waals surface area contributed by atoms with Gasteiger partial charge in [-0.1, -0.05) is 24.6 Å². The number of rotatable bonds is 3. The summed E-state index contributed by atoms with van der Waals surface area (Å²) in [6.45, 7) is 8.40. The highest BCUT2D eigenvalue weighted by Crippen LogP contribution is 2.47. The maximum absolute atomic E-state index is 13.1. The molecule has 5 nitrogen and oxygen atoms in total. The minimum absolute atomic E-state index is 0.0648. The zero-order valence-electron chi connectivity index (χ0n) is 17.0. The van der Waals surface area contributed by atoms with Crippen LogP contribution in [0.3, 0.4) is 0 Å². The van der Waals surface area contributed by atoms with Crippen LogP contribution in [0.5, 0.6) is 5.75 Å². The van der Waals surface area contributed by atoms with Crippen molar-refractivity contribution in [2.24, 2.45) is 0 Å². The molecular formula is C23H29N3O2. The first-order valence-corrected chi connectivity index (χ1v) is 10.1. The molecule has 1 spiro atoms. The molecule has 2 amide bonds. The first-order chi connectivity index (χ1) is 13.5. The number of methoxy groups -OCH3 is 1. The number of likely N-dealkylation sites (tertiary alicyclic amines) is 1. The molecule has 0 aromatic heterocycles. The van der Waals surface area contributed by atoms with Gasteiger partial charge in [0.25, 0.3) is 0 Å². The van der Waals surface area contributed by atoms with Crippen molar-refractivity contribution < 1.29 is 9.53 Å². The van der Waals surface area contributed by atoms with Crippen LogP contribution in [0.1, 0.15) is 30.9 Å². The van der Waals surface area contributed by atoms with Crippen molar-refractivity contribution in [3.63, 3.8) is 0 Å².